The van der Waals surface area contributed by atoms with Gasteiger partial charge in [-0.25, -0.2) is 0 Å². The third kappa shape index (κ3) is 9.52. The molecule has 0 saturated carbocycles. The molecule has 0 radical (unpaired) electrons. The van der Waals surface area contributed by atoms with Gasteiger partial charge in [-0.05, 0) is 39.9 Å². The summed E-state index contributed by atoms with van der Waals surface area (Å²) in [6.45, 7) is 3.72. The van der Waals surface area contributed by atoms with E-state index in [1.54, 1.807) is 0 Å². The molecule has 0 unspecified atom stereocenters. The highest BCUT2D eigenvalue weighted by molar-refractivity contribution is 5.69. The van der Waals surface area contributed by atoms with E-state index in [9.17, 15) is 4.79 Å². The molecule has 14 heavy (non-hydrogen) atoms. The van der Waals surface area contributed by atoms with E-state index < -0.39 is 0 Å². The standard InChI is InChI=1S/C11H23NO2/c1-4-5-8-11(13)14-10-7-6-9-12(2)3/h4-10H2,1-3H3. The number of ether oxygens (including phenoxy) is 1. The summed E-state index contributed by atoms with van der Waals surface area (Å²) in [6, 6.07) is 0. The van der Waals surface area contributed by atoms with Gasteiger partial charge in [-0.3, -0.25) is 4.79 Å². The van der Waals surface area contributed by atoms with Crippen molar-refractivity contribution >= 4 is 5.97 Å². The summed E-state index contributed by atoms with van der Waals surface area (Å²) in [4.78, 5) is 13.2. The van der Waals surface area contributed by atoms with Crippen molar-refractivity contribution in [1.29, 1.82) is 0 Å². The van der Waals surface area contributed by atoms with Crippen molar-refractivity contribution in [2.75, 3.05) is 27.2 Å². The van der Waals surface area contributed by atoms with Gasteiger partial charge in [0.2, 0.25) is 0 Å². The molecular weight excluding hydrogens is 178 g/mol. The number of nitrogens with zero attached hydrogens (tertiary/aromatic N) is 1. The van der Waals surface area contributed by atoms with Crippen LogP contribution >= 0.6 is 0 Å². The van der Waals surface area contributed by atoms with Crippen LogP contribution in [0, 0.1) is 0 Å². The molecule has 0 N–H and O–H groups in total. The topological polar surface area (TPSA) is 29.5 Å². The molecule has 3 heteroatoms. The number of unbranched alkanes of at least 4 members (excludes halogenated alkanes) is 2. The molecule has 0 aliphatic carbocycles. The molecule has 0 amide bonds. The predicted octanol–water partition coefficient (Wildman–Crippen LogP) is 2.06. The van der Waals surface area contributed by atoms with Gasteiger partial charge in [-0.1, -0.05) is 13.3 Å². The van der Waals surface area contributed by atoms with Gasteiger partial charge in [0, 0.05) is 6.42 Å². The zero-order valence-electron chi connectivity index (χ0n) is 9.71. The van der Waals surface area contributed by atoms with Crippen molar-refractivity contribution in [1.82, 2.24) is 4.90 Å². The Balaban J connectivity index is 3.15. The third-order valence-electron chi connectivity index (χ3n) is 2.00. The molecule has 0 aromatic rings. The molecule has 0 atom stereocenters. The molecule has 0 aliphatic heterocycles. The first-order valence-electron chi connectivity index (χ1n) is 5.47. The van der Waals surface area contributed by atoms with Crippen LogP contribution in [0.2, 0.25) is 0 Å². The minimum absolute atomic E-state index is 0.0447. The maximum Gasteiger partial charge on any atom is 0.305 e. The van der Waals surface area contributed by atoms with E-state index in [1.807, 2.05) is 14.1 Å². The van der Waals surface area contributed by atoms with Crippen LogP contribution in [0.15, 0.2) is 0 Å². The summed E-state index contributed by atoms with van der Waals surface area (Å²) in [6.07, 6.45) is 4.63. The zero-order chi connectivity index (χ0) is 10.8. The van der Waals surface area contributed by atoms with Crippen LogP contribution in [0.4, 0.5) is 0 Å². The van der Waals surface area contributed by atoms with Crippen LogP contribution in [0.3, 0.4) is 0 Å². The second kappa shape index (κ2) is 9.00. The maximum atomic E-state index is 11.1. The molecule has 0 heterocycles. The average Bonchev–Trinajstić information content (AvgIpc) is 2.13. The van der Waals surface area contributed by atoms with Gasteiger partial charge < -0.3 is 9.64 Å². The van der Waals surface area contributed by atoms with Crippen molar-refractivity contribution in [3.8, 4) is 0 Å². The van der Waals surface area contributed by atoms with Crippen molar-refractivity contribution in [2.45, 2.75) is 39.0 Å². The van der Waals surface area contributed by atoms with E-state index in [4.69, 9.17) is 4.74 Å². The fourth-order valence-corrected chi connectivity index (χ4v) is 1.11. The monoisotopic (exact) mass is 201 g/mol. The third-order valence-corrected chi connectivity index (χ3v) is 2.00. The SMILES string of the molecule is CCCCC(=O)OCCCCN(C)C. The Kier molecular flexibility index (Phi) is 8.64. The lowest BCUT2D eigenvalue weighted by Crippen LogP contribution is -2.14. The maximum absolute atomic E-state index is 11.1. The van der Waals surface area contributed by atoms with Crippen LogP contribution in [-0.4, -0.2) is 38.1 Å². The zero-order valence-corrected chi connectivity index (χ0v) is 9.71. The van der Waals surface area contributed by atoms with Crippen LogP contribution in [-0.2, 0) is 9.53 Å². The lowest BCUT2D eigenvalue weighted by atomic mass is 10.2. The molecule has 84 valence electrons. The molecule has 0 aromatic heterocycles. The summed E-state index contributed by atoms with van der Waals surface area (Å²) >= 11 is 0. The van der Waals surface area contributed by atoms with Gasteiger partial charge in [-0.2, -0.15) is 0 Å². The highest BCUT2D eigenvalue weighted by atomic mass is 16.5. The van der Waals surface area contributed by atoms with Crippen LogP contribution in [0.25, 0.3) is 0 Å². The number of rotatable bonds is 8. The predicted molar refractivity (Wildman–Crippen MR) is 58.3 cm³/mol. The lowest BCUT2D eigenvalue weighted by Gasteiger charge is -2.09. The lowest BCUT2D eigenvalue weighted by molar-refractivity contribution is -0.143. The molecule has 0 aliphatic rings. The summed E-state index contributed by atoms with van der Waals surface area (Å²) in [5.41, 5.74) is 0. The minimum atomic E-state index is -0.0447. The molecular formula is C11H23NO2. The van der Waals surface area contributed by atoms with E-state index in [0.29, 0.717) is 13.0 Å². The molecule has 0 saturated heterocycles. The molecule has 0 aromatic carbocycles. The number of hydrogen-bond acceptors (Lipinski definition) is 3. The van der Waals surface area contributed by atoms with E-state index in [-0.39, 0.29) is 5.97 Å². The molecule has 0 bridgehead atoms. The van der Waals surface area contributed by atoms with Gasteiger partial charge in [0.15, 0.2) is 0 Å². The summed E-state index contributed by atoms with van der Waals surface area (Å²) in [7, 11) is 4.10. The Labute approximate surface area is 87.4 Å². The number of esters is 1. The van der Waals surface area contributed by atoms with Crippen molar-refractivity contribution in [2.24, 2.45) is 0 Å². The first-order valence-corrected chi connectivity index (χ1v) is 5.47. The molecule has 0 fully saturated rings. The summed E-state index contributed by atoms with van der Waals surface area (Å²) in [5, 5.41) is 0. The fraction of sp³-hybridized carbons (Fsp3) is 0.909. The Morgan fingerprint density at radius 2 is 1.93 bits per heavy atom. The van der Waals surface area contributed by atoms with Gasteiger partial charge in [-0.15, -0.1) is 0 Å². The first kappa shape index (κ1) is 13.4. The number of carbonyl (C=O) groups excluding carboxylic acids is 1. The van der Waals surface area contributed by atoms with Crippen molar-refractivity contribution in [3.05, 3.63) is 0 Å². The largest absolute Gasteiger partial charge is 0.466 e. The minimum Gasteiger partial charge on any atom is -0.466 e. The normalized spacial score (nSPS) is 10.6. The van der Waals surface area contributed by atoms with Crippen LogP contribution in [0.1, 0.15) is 39.0 Å². The quantitative estimate of drug-likeness (QED) is 0.445. The van der Waals surface area contributed by atoms with Crippen molar-refractivity contribution < 1.29 is 9.53 Å². The van der Waals surface area contributed by atoms with Crippen LogP contribution < -0.4 is 0 Å². The number of hydrogen-bond donors (Lipinski definition) is 0. The van der Waals surface area contributed by atoms with Gasteiger partial charge in [0.05, 0.1) is 6.61 Å². The first-order chi connectivity index (χ1) is 6.66. The van der Waals surface area contributed by atoms with E-state index in [2.05, 4.69) is 11.8 Å². The van der Waals surface area contributed by atoms with Gasteiger partial charge >= 0.3 is 5.97 Å². The Morgan fingerprint density at radius 1 is 1.21 bits per heavy atom. The second-order valence-corrected chi connectivity index (χ2v) is 3.83. The average molecular weight is 201 g/mol. The Morgan fingerprint density at radius 3 is 2.50 bits per heavy atom. The fourth-order valence-electron chi connectivity index (χ4n) is 1.11. The van der Waals surface area contributed by atoms with Gasteiger partial charge in [0.1, 0.15) is 0 Å². The summed E-state index contributed by atoms with van der Waals surface area (Å²) < 4.78 is 5.07. The van der Waals surface area contributed by atoms with Crippen molar-refractivity contribution in [3.63, 3.8) is 0 Å². The van der Waals surface area contributed by atoms with Gasteiger partial charge in [0.25, 0.3) is 0 Å². The Hall–Kier alpha value is -0.570. The highest BCUT2D eigenvalue weighted by Crippen LogP contribution is 1.98. The summed E-state index contributed by atoms with van der Waals surface area (Å²) in [5.74, 6) is -0.0447. The van der Waals surface area contributed by atoms with E-state index in [1.165, 1.54) is 0 Å². The smallest absolute Gasteiger partial charge is 0.305 e. The second-order valence-electron chi connectivity index (χ2n) is 3.83. The number of carbonyl (C=O) groups is 1. The van der Waals surface area contributed by atoms with E-state index in [0.717, 1.165) is 32.2 Å². The molecule has 0 rings (SSSR count). The van der Waals surface area contributed by atoms with E-state index >= 15 is 0 Å². The Bertz CT molecular complexity index is 146. The molecule has 3 nitrogen and oxygen atoms in total. The van der Waals surface area contributed by atoms with Crippen LogP contribution in [0.5, 0.6) is 0 Å². The highest BCUT2D eigenvalue weighted by Gasteiger charge is 2.00. The molecule has 0 spiro atoms.